The molecular weight excluding hydrogens is 966 g/mol. The highest BCUT2D eigenvalue weighted by Gasteiger charge is 2.44. The van der Waals surface area contributed by atoms with Crippen molar-refractivity contribution in [2.75, 3.05) is 9.80 Å². The average molecular weight is 1010 g/mol. The van der Waals surface area contributed by atoms with Crippen LogP contribution in [0.15, 0.2) is 291 Å². The van der Waals surface area contributed by atoms with Crippen molar-refractivity contribution in [3.63, 3.8) is 0 Å². The number of aromatic nitrogens is 1. The van der Waals surface area contributed by atoms with Gasteiger partial charge in [0, 0.05) is 50.6 Å². The Kier molecular flexibility index (Phi) is 9.81. The second kappa shape index (κ2) is 17.6. The monoisotopic (exact) mass is 1010 g/mol. The minimum absolute atomic E-state index is 0.100. The Morgan fingerprint density at radius 2 is 0.625 bits per heavy atom. The summed E-state index contributed by atoms with van der Waals surface area (Å²) in [4.78, 5) is 5.15. The molecule has 14 aromatic carbocycles. The fourth-order valence-corrected chi connectivity index (χ4v) is 13.5. The van der Waals surface area contributed by atoms with E-state index in [4.69, 9.17) is 0 Å². The van der Waals surface area contributed by atoms with E-state index in [0.29, 0.717) is 0 Å². The highest BCUT2D eigenvalue weighted by molar-refractivity contribution is 7.00. The number of para-hydroxylation sites is 2. The number of benzene rings is 14. The molecule has 0 unspecified atom stereocenters. The third-order valence-electron chi connectivity index (χ3n) is 17.2. The summed E-state index contributed by atoms with van der Waals surface area (Å²) >= 11 is 0. The average Bonchev–Trinajstić information content (AvgIpc) is 4.01. The molecule has 0 fully saturated rings. The van der Waals surface area contributed by atoms with Gasteiger partial charge in [0.15, 0.2) is 0 Å². The Bertz CT molecular complexity index is 4760. The van der Waals surface area contributed by atoms with Crippen LogP contribution in [0, 0.1) is 0 Å². The van der Waals surface area contributed by atoms with E-state index < -0.39 is 0 Å². The second-order valence-corrected chi connectivity index (χ2v) is 21.7. The van der Waals surface area contributed by atoms with E-state index in [1.807, 2.05) is 0 Å². The number of nitrogens with zero attached hydrogens (tertiary/aromatic N) is 3. The van der Waals surface area contributed by atoms with Crippen LogP contribution in [0.3, 0.4) is 0 Å². The molecule has 0 saturated carbocycles. The number of hydrogen-bond donors (Lipinski definition) is 0. The highest BCUT2D eigenvalue weighted by Crippen LogP contribution is 2.49. The number of hydrogen-bond acceptors (Lipinski definition) is 2. The molecule has 370 valence electrons. The Morgan fingerprint density at radius 1 is 0.225 bits per heavy atom. The topological polar surface area (TPSA) is 11.4 Å². The summed E-state index contributed by atoms with van der Waals surface area (Å²) in [5, 5.41) is 12.3. The van der Waals surface area contributed by atoms with Crippen LogP contribution in [0.1, 0.15) is 0 Å². The van der Waals surface area contributed by atoms with E-state index in [2.05, 4.69) is 306 Å². The maximum absolute atomic E-state index is 2.58. The minimum Gasteiger partial charge on any atom is -0.311 e. The normalized spacial score (nSPS) is 12.7. The van der Waals surface area contributed by atoms with Crippen molar-refractivity contribution in [1.82, 2.24) is 4.57 Å². The van der Waals surface area contributed by atoms with Gasteiger partial charge in [-0.2, -0.15) is 0 Å². The van der Waals surface area contributed by atoms with Gasteiger partial charge < -0.3 is 14.4 Å². The Hall–Kier alpha value is -10.4. The highest BCUT2D eigenvalue weighted by atomic mass is 15.2. The van der Waals surface area contributed by atoms with E-state index >= 15 is 0 Å². The number of rotatable bonds is 6. The predicted octanol–water partition coefficient (Wildman–Crippen LogP) is 18.5. The van der Waals surface area contributed by atoms with Gasteiger partial charge in [0.2, 0.25) is 0 Å². The first-order valence-corrected chi connectivity index (χ1v) is 27.7. The van der Waals surface area contributed by atoms with Crippen molar-refractivity contribution < 1.29 is 0 Å². The summed E-state index contributed by atoms with van der Waals surface area (Å²) in [6.07, 6.45) is 0. The molecule has 0 radical (unpaired) electrons. The fourth-order valence-electron chi connectivity index (χ4n) is 13.5. The maximum atomic E-state index is 2.58. The molecule has 0 saturated heterocycles. The zero-order chi connectivity index (χ0) is 52.4. The summed E-state index contributed by atoms with van der Waals surface area (Å²) in [6.45, 7) is -0.100. The lowest BCUT2D eigenvalue weighted by molar-refractivity contribution is 1.18. The van der Waals surface area contributed by atoms with Crippen molar-refractivity contribution in [2.24, 2.45) is 0 Å². The first-order chi connectivity index (χ1) is 39.6. The lowest BCUT2D eigenvalue weighted by atomic mass is 9.33. The molecule has 17 rings (SSSR count). The molecule has 15 aromatic rings. The molecule has 2 aliphatic rings. The van der Waals surface area contributed by atoms with Crippen LogP contribution in [0.2, 0.25) is 0 Å². The molecule has 3 heterocycles. The van der Waals surface area contributed by atoms with E-state index in [0.717, 1.165) is 28.2 Å². The van der Waals surface area contributed by atoms with Gasteiger partial charge in [0.1, 0.15) is 0 Å². The standard InChI is InChI=1S/C76H48BN3/c1-4-16-49(17-5-1)51-28-33-64(34-29-51)79-72-45-60-40-55-22-12-10-20-53(55)38-58(60)43-68(72)77-69-44-59-39-54-21-11-13-23-56(54)41-61(59)46-73(69)80(65-35-30-52(31-36-65)50-18-6-2-7-19-50)75-48-62(47-74(79)76(75)77)57-32-37-71-67(42-57)66-26-14-15-27-70(66)78(71)63-24-8-3-9-25-63/h1-48H. The molecule has 0 amide bonds. The van der Waals surface area contributed by atoms with Crippen molar-refractivity contribution in [1.29, 1.82) is 0 Å². The molecule has 3 nitrogen and oxygen atoms in total. The molecule has 2 aliphatic heterocycles. The Morgan fingerprint density at radius 3 is 1.12 bits per heavy atom. The SMILES string of the molecule is c1ccc(-c2ccc(N3c4cc5cc6ccccc6cc5cc4B4c5cc6cc7ccccc7cc6cc5N(c5ccc(-c6ccccc6)cc5)c5cc(-c6ccc7c(c6)c6ccccc6n7-c6ccccc6)cc3c54)cc2)cc1. The third-order valence-corrected chi connectivity index (χ3v) is 17.2. The fraction of sp³-hybridized carbons (Fsp3) is 0. The van der Waals surface area contributed by atoms with Crippen LogP contribution in [0.25, 0.3) is 104 Å². The molecular formula is C76H48BN3. The van der Waals surface area contributed by atoms with Gasteiger partial charge >= 0.3 is 0 Å². The molecule has 80 heavy (non-hydrogen) atoms. The number of fused-ring (bicyclic) bond motifs is 11. The van der Waals surface area contributed by atoms with Gasteiger partial charge in [-0.25, -0.2) is 0 Å². The molecule has 0 spiro atoms. The first kappa shape index (κ1) is 44.7. The van der Waals surface area contributed by atoms with Crippen LogP contribution in [-0.4, -0.2) is 11.3 Å². The van der Waals surface area contributed by atoms with Gasteiger partial charge in [-0.15, -0.1) is 0 Å². The third kappa shape index (κ3) is 6.95. The quantitative estimate of drug-likeness (QED) is 0.121. The zero-order valence-corrected chi connectivity index (χ0v) is 43.6. The largest absolute Gasteiger partial charge is 0.311 e. The van der Waals surface area contributed by atoms with E-state index in [1.165, 1.54) is 126 Å². The summed E-state index contributed by atoms with van der Waals surface area (Å²) < 4.78 is 2.41. The number of anilines is 6. The zero-order valence-electron chi connectivity index (χ0n) is 43.6. The first-order valence-electron chi connectivity index (χ1n) is 27.7. The van der Waals surface area contributed by atoms with Gasteiger partial charge in [0.25, 0.3) is 6.71 Å². The van der Waals surface area contributed by atoms with Crippen LogP contribution in [0.4, 0.5) is 34.1 Å². The van der Waals surface area contributed by atoms with E-state index in [-0.39, 0.29) is 6.71 Å². The van der Waals surface area contributed by atoms with Gasteiger partial charge in [0.05, 0.1) is 11.0 Å². The minimum atomic E-state index is -0.100. The van der Waals surface area contributed by atoms with Crippen LogP contribution < -0.4 is 26.2 Å². The van der Waals surface area contributed by atoms with E-state index in [1.54, 1.807) is 0 Å². The summed E-state index contributed by atoms with van der Waals surface area (Å²) in [7, 11) is 0. The second-order valence-electron chi connectivity index (χ2n) is 21.7. The van der Waals surface area contributed by atoms with Crippen molar-refractivity contribution in [2.45, 2.75) is 0 Å². The van der Waals surface area contributed by atoms with E-state index in [9.17, 15) is 0 Å². The van der Waals surface area contributed by atoms with Gasteiger partial charge in [-0.3, -0.25) is 0 Å². The molecule has 0 aliphatic carbocycles. The van der Waals surface area contributed by atoms with Crippen LogP contribution in [0.5, 0.6) is 0 Å². The van der Waals surface area contributed by atoms with Crippen molar-refractivity contribution >= 4 is 122 Å². The molecule has 0 atom stereocenters. The Labute approximate surface area is 464 Å². The van der Waals surface area contributed by atoms with Crippen molar-refractivity contribution in [3.8, 4) is 39.1 Å². The molecule has 0 bridgehead atoms. The van der Waals surface area contributed by atoms with Crippen LogP contribution >= 0.6 is 0 Å². The maximum Gasteiger partial charge on any atom is 0.252 e. The van der Waals surface area contributed by atoms with Crippen LogP contribution in [-0.2, 0) is 0 Å². The smallest absolute Gasteiger partial charge is 0.252 e. The predicted molar refractivity (Wildman–Crippen MR) is 341 cm³/mol. The summed E-state index contributed by atoms with van der Waals surface area (Å²) in [5.41, 5.74) is 21.4. The lowest BCUT2D eigenvalue weighted by Gasteiger charge is -2.44. The summed E-state index contributed by atoms with van der Waals surface area (Å²) in [5.74, 6) is 0. The van der Waals surface area contributed by atoms with Gasteiger partial charge in [-0.05, 0) is 196 Å². The lowest BCUT2D eigenvalue weighted by Crippen LogP contribution is -2.61. The van der Waals surface area contributed by atoms with Gasteiger partial charge in [-0.1, -0.05) is 188 Å². The molecule has 4 heteroatoms. The molecule has 1 aromatic heterocycles. The van der Waals surface area contributed by atoms with Crippen molar-refractivity contribution in [3.05, 3.63) is 291 Å². The summed E-state index contributed by atoms with van der Waals surface area (Å²) in [6, 6.07) is 109. The Balaban J connectivity index is 0.982. The molecule has 0 N–H and O–H groups in total.